The van der Waals surface area contributed by atoms with Crippen molar-refractivity contribution in [3.63, 3.8) is 0 Å². The maximum absolute atomic E-state index is 11.3. The monoisotopic (exact) mass is 245 g/mol. The van der Waals surface area contributed by atoms with Gasteiger partial charge in [-0.1, -0.05) is 11.6 Å². The number of nitrogens with zero attached hydrogens (tertiary/aromatic N) is 3. The number of hydrogen-bond acceptors (Lipinski definition) is 4. The van der Waals surface area contributed by atoms with Gasteiger partial charge < -0.3 is 4.90 Å². The van der Waals surface area contributed by atoms with Gasteiger partial charge in [-0.05, 0) is 6.42 Å². The second-order valence-corrected chi connectivity index (χ2v) is 5.47. The van der Waals surface area contributed by atoms with Gasteiger partial charge in [0.2, 0.25) is 0 Å². The van der Waals surface area contributed by atoms with Gasteiger partial charge in [0.05, 0.1) is 12.4 Å². The maximum atomic E-state index is 11.3. The van der Waals surface area contributed by atoms with E-state index in [1.807, 2.05) is 0 Å². The van der Waals surface area contributed by atoms with Crippen LogP contribution in [0.15, 0.2) is 12.4 Å². The zero-order valence-corrected chi connectivity index (χ0v) is 9.80. The van der Waals surface area contributed by atoms with E-state index in [0.717, 1.165) is 31.1 Å². The van der Waals surface area contributed by atoms with Gasteiger partial charge in [-0.25, -0.2) is 4.98 Å². The number of aromatic nitrogens is 2. The summed E-state index contributed by atoms with van der Waals surface area (Å²) in [6, 6.07) is 0. The molecule has 6 heteroatoms. The molecule has 0 amide bonds. The van der Waals surface area contributed by atoms with Crippen LogP contribution in [0.1, 0.15) is 6.42 Å². The molecule has 1 aliphatic rings. The van der Waals surface area contributed by atoms with E-state index in [1.54, 1.807) is 6.20 Å². The molecule has 0 bridgehead atoms. The van der Waals surface area contributed by atoms with E-state index >= 15 is 0 Å². The van der Waals surface area contributed by atoms with Crippen LogP contribution in [0, 0.1) is 0 Å². The molecule has 1 aromatic heterocycles. The van der Waals surface area contributed by atoms with E-state index in [0.29, 0.717) is 10.9 Å². The Morgan fingerprint density at radius 1 is 1.33 bits per heavy atom. The fraction of sp³-hybridized carbons (Fsp3) is 0.556. The highest BCUT2D eigenvalue weighted by Gasteiger charge is 2.14. The second-order valence-electron chi connectivity index (χ2n) is 3.39. The molecule has 1 saturated heterocycles. The van der Waals surface area contributed by atoms with Crippen LogP contribution in [0.5, 0.6) is 0 Å². The lowest BCUT2D eigenvalue weighted by Gasteiger charge is -2.20. The minimum atomic E-state index is -0.680. The number of hydrogen-bond donors (Lipinski definition) is 0. The zero-order chi connectivity index (χ0) is 10.7. The summed E-state index contributed by atoms with van der Waals surface area (Å²) < 4.78 is 11.3. The molecule has 0 aromatic carbocycles. The summed E-state index contributed by atoms with van der Waals surface area (Å²) in [6.45, 7) is 1.64. The lowest BCUT2D eigenvalue weighted by Crippen LogP contribution is -2.27. The Labute approximate surface area is 96.1 Å². The molecule has 15 heavy (non-hydrogen) atoms. The lowest BCUT2D eigenvalue weighted by molar-refractivity contribution is 0.683. The average molecular weight is 246 g/mol. The average Bonchev–Trinajstić information content (AvgIpc) is 2.43. The fourth-order valence-corrected chi connectivity index (χ4v) is 2.78. The van der Waals surface area contributed by atoms with Crippen LogP contribution in [-0.4, -0.2) is 38.8 Å². The summed E-state index contributed by atoms with van der Waals surface area (Å²) in [4.78, 5) is 10.3. The molecule has 1 aromatic rings. The van der Waals surface area contributed by atoms with Crippen LogP contribution in [-0.2, 0) is 10.8 Å². The van der Waals surface area contributed by atoms with Crippen molar-refractivity contribution in [2.24, 2.45) is 0 Å². The molecule has 4 nitrogen and oxygen atoms in total. The molecule has 1 aliphatic heterocycles. The second kappa shape index (κ2) is 4.90. The SMILES string of the molecule is O=S1CCCN(c2cncc(Cl)n2)CC1. The van der Waals surface area contributed by atoms with Crippen molar-refractivity contribution < 1.29 is 4.21 Å². The summed E-state index contributed by atoms with van der Waals surface area (Å²) in [5.41, 5.74) is 0. The van der Waals surface area contributed by atoms with Gasteiger partial charge in [0.1, 0.15) is 11.0 Å². The Morgan fingerprint density at radius 3 is 3.00 bits per heavy atom. The highest BCUT2D eigenvalue weighted by molar-refractivity contribution is 7.85. The summed E-state index contributed by atoms with van der Waals surface area (Å²) >= 11 is 5.77. The van der Waals surface area contributed by atoms with E-state index in [1.165, 1.54) is 6.20 Å². The van der Waals surface area contributed by atoms with Crippen LogP contribution in [0.2, 0.25) is 5.15 Å². The van der Waals surface area contributed by atoms with Gasteiger partial charge in [0, 0.05) is 35.4 Å². The van der Waals surface area contributed by atoms with Gasteiger partial charge >= 0.3 is 0 Å². The molecule has 1 fully saturated rings. The van der Waals surface area contributed by atoms with Crippen LogP contribution in [0.4, 0.5) is 5.82 Å². The van der Waals surface area contributed by atoms with Crippen molar-refractivity contribution in [1.82, 2.24) is 9.97 Å². The number of halogens is 1. The standard InChI is InChI=1S/C9H12ClN3OS/c10-8-6-11-7-9(12-8)13-2-1-4-15(14)5-3-13/h6-7H,1-5H2. The maximum Gasteiger partial charge on any atom is 0.149 e. The molecule has 0 aliphatic carbocycles. The smallest absolute Gasteiger partial charge is 0.149 e. The molecule has 1 atom stereocenters. The number of anilines is 1. The predicted molar refractivity (Wildman–Crippen MR) is 61.7 cm³/mol. The van der Waals surface area contributed by atoms with Crippen molar-refractivity contribution >= 4 is 28.2 Å². The largest absolute Gasteiger partial charge is 0.354 e. The third kappa shape index (κ3) is 2.89. The van der Waals surface area contributed by atoms with Crippen molar-refractivity contribution in [3.8, 4) is 0 Å². The predicted octanol–water partition coefficient (Wildman–Crippen LogP) is 1.09. The topological polar surface area (TPSA) is 46.1 Å². The van der Waals surface area contributed by atoms with E-state index in [-0.39, 0.29) is 0 Å². The molecular weight excluding hydrogens is 234 g/mol. The highest BCUT2D eigenvalue weighted by Crippen LogP contribution is 2.14. The minimum Gasteiger partial charge on any atom is -0.354 e. The molecular formula is C9H12ClN3OS. The van der Waals surface area contributed by atoms with Gasteiger partial charge in [-0.2, -0.15) is 0 Å². The molecule has 0 N–H and O–H groups in total. The van der Waals surface area contributed by atoms with E-state index in [2.05, 4.69) is 14.9 Å². The third-order valence-electron chi connectivity index (χ3n) is 2.31. The number of rotatable bonds is 1. The molecule has 0 spiro atoms. The normalized spacial score (nSPS) is 22.5. The Bertz CT molecular complexity index is 374. The molecule has 2 rings (SSSR count). The van der Waals surface area contributed by atoms with Crippen LogP contribution >= 0.6 is 11.6 Å². The van der Waals surface area contributed by atoms with Crippen LogP contribution < -0.4 is 4.90 Å². The molecule has 1 unspecified atom stereocenters. The first-order valence-electron chi connectivity index (χ1n) is 4.83. The summed E-state index contributed by atoms with van der Waals surface area (Å²) in [7, 11) is -0.680. The Hall–Kier alpha value is -0.680. The van der Waals surface area contributed by atoms with E-state index in [9.17, 15) is 4.21 Å². The van der Waals surface area contributed by atoms with E-state index < -0.39 is 10.8 Å². The first-order valence-corrected chi connectivity index (χ1v) is 6.70. The van der Waals surface area contributed by atoms with Gasteiger partial charge in [-0.3, -0.25) is 9.19 Å². The Balaban J connectivity index is 2.13. The molecule has 82 valence electrons. The fourth-order valence-electron chi connectivity index (χ4n) is 1.56. The van der Waals surface area contributed by atoms with Gasteiger partial charge in [0.15, 0.2) is 0 Å². The summed E-state index contributed by atoms with van der Waals surface area (Å²) in [6.07, 6.45) is 4.14. The van der Waals surface area contributed by atoms with Crippen LogP contribution in [0.25, 0.3) is 0 Å². The Kier molecular flexibility index (Phi) is 3.53. The first-order chi connectivity index (χ1) is 7.25. The zero-order valence-electron chi connectivity index (χ0n) is 8.23. The highest BCUT2D eigenvalue weighted by atomic mass is 35.5. The van der Waals surface area contributed by atoms with Gasteiger partial charge in [-0.15, -0.1) is 0 Å². The summed E-state index contributed by atoms with van der Waals surface area (Å²) in [5.74, 6) is 2.26. The molecule has 0 radical (unpaired) electrons. The van der Waals surface area contributed by atoms with E-state index in [4.69, 9.17) is 11.6 Å². The van der Waals surface area contributed by atoms with Crippen molar-refractivity contribution in [1.29, 1.82) is 0 Å². The van der Waals surface area contributed by atoms with Crippen molar-refractivity contribution in [3.05, 3.63) is 17.5 Å². The van der Waals surface area contributed by atoms with Crippen LogP contribution in [0.3, 0.4) is 0 Å². The van der Waals surface area contributed by atoms with Gasteiger partial charge in [0.25, 0.3) is 0 Å². The minimum absolute atomic E-state index is 0.401. The molecule has 0 saturated carbocycles. The summed E-state index contributed by atoms with van der Waals surface area (Å²) in [5, 5.41) is 0.401. The first kappa shape index (κ1) is 10.8. The quantitative estimate of drug-likeness (QED) is 0.743. The van der Waals surface area contributed by atoms with Crippen molar-refractivity contribution in [2.75, 3.05) is 29.5 Å². The third-order valence-corrected chi connectivity index (χ3v) is 3.87. The lowest BCUT2D eigenvalue weighted by atomic mass is 10.4. The molecule has 2 heterocycles. The van der Waals surface area contributed by atoms with Crippen molar-refractivity contribution in [2.45, 2.75) is 6.42 Å². The Morgan fingerprint density at radius 2 is 2.20 bits per heavy atom.